The van der Waals surface area contributed by atoms with E-state index in [-0.39, 0.29) is 17.4 Å². The number of quaternary nitrogens is 1. The van der Waals surface area contributed by atoms with Gasteiger partial charge in [-0.05, 0) is 44.2 Å². The van der Waals surface area contributed by atoms with Gasteiger partial charge in [-0.15, -0.1) is 22.7 Å². The second-order valence-electron chi connectivity index (χ2n) is 5.41. The average molecular weight is 347 g/mol. The molecule has 120 valence electrons. The van der Waals surface area contributed by atoms with Crippen molar-refractivity contribution < 1.29 is 15.5 Å². The van der Waals surface area contributed by atoms with Crippen LogP contribution in [0.3, 0.4) is 0 Å². The number of nitrogens with one attached hydrogen (secondary N) is 1. The van der Waals surface area contributed by atoms with Crippen LogP contribution in [0, 0.1) is 19.1 Å². The minimum absolute atomic E-state index is 0.122. The molecule has 0 saturated heterocycles. The number of thiophene rings is 2. The van der Waals surface area contributed by atoms with Crippen LogP contribution in [0.25, 0.3) is 0 Å². The van der Waals surface area contributed by atoms with Gasteiger partial charge in [-0.2, -0.15) is 5.23 Å². The summed E-state index contributed by atoms with van der Waals surface area (Å²) in [4.78, 5) is 4.57. The van der Waals surface area contributed by atoms with Crippen LogP contribution in [-0.2, 0) is 0 Å². The van der Waals surface area contributed by atoms with Gasteiger partial charge in [-0.25, -0.2) is 5.21 Å². The van der Waals surface area contributed by atoms with E-state index in [9.17, 15) is 15.5 Å². The first kappa shape index (κ1) is 16.2. The summed E-state index contributed by atoms with van der Waals surface area (Å²) >= 11 is 3.33. The lowest BCUT2D eigenvalue weighted by Gasteiger charge is -2.19. The Morgan fingerprint density at radius 2 is 1.52 bits per heavy atom. The maximum Gasteiger partial charge on any atom is 0.164 e. The molecule has 2 heterocycles. The van der Waals surface area contributed by atoms with Gasteiger partial charge in [-0.1, -0.05) is 0 Å². The molecule has 1 aromatic carbocycles. The van der Waals surface area contributed by atoms with Crippen LogP contribution in [0.1, 0.15) is 31.0 Å². The zero-order chi connectivity index (χ0) is 16.6. The zero-order valence-electron chi connectivity index (χ0n) is 12.7. The number of phenolic OH excluding ortho intramolecular Hbond substituents is 1. The first-order valence-corrected chi connectivity index (χ1v) is 8.78. The molecule has 0 bridgehead atoms. The van der Waals surface area contributed by atoms with E-state index in [0.717, 1.165) is 9.75 Å². The Bertz CT molecular complexity index is 783. The first-order valence-electron chi connectivity index (χ1n) is 7.14. The van der Waals surface area contributed by atoms with Crippen molar-refractivity contribution in [3.63, 3.8) is 0 Å². The van der Waals surface area contributed by atoms with E-state index in [4.69, 9.17) is 0 Å². The smallest absolute Gasteiger partial charge is 0.164 e. The summed E-state index contributed by atoms with van der Waals surface area (Å²) in [6.07, 6.45) is 0. The monoisotopic (exact) mass is 347 g/mol. The first-order chi connectivity index (χ1) is 11.0. The van der Waals surface area contributed by atoms with Gasteiger partial charge in [-0.3, -0.25) is 0 Å². The number of aryl methyl sites for hydroxylation is 2. The minimum atomic E-state index is -0.991. The summed E-state index contributed by atoms with van der Waals surface area (Å²) in [5, 5.41) is 29.9. The summed E-state index contributed by atoms with van der Waals surface area (Å²) in [5.41, 5.74) is 0.818. The highest BCUT2D eigenvalue weighted by Gasteiger charge is 2.24. The fourth-order valence-electron chi connectivity index (χ4n) is 2.58. The van der Waals surface area contributed by atoms with Crippen LogP contribution in [0.2, 0.25) is 0 Å². The lowest BCUT2D eigenvalue weighted by Crippen LogP contribution is -2.99. The summed E-state index contributed by atoms with van der Waals surface area (Å²) in [6, 6.07) is 12.7. The van der Waals surface area contributed by atoms with Crippen LogP contribution in [0.5, 0.6) is 5.75 Å². The molecule has 4 nitrogen and oxygen atoms in total. The molecule has 0 spiro atoms. The topological polar surface area (TPSA) is 68.0 Å². The second kappa shape index (κ2) is 6.43. The van der Waals surface area contributed by atoms with Crippen molar-refractivity contribution in [1.82, 2.24) is 0 Å². The van der Waals surface area contributed by atoms with Crippen LogP contribution < -0.4 is 5.23 Å². The molecular formula is C17H17NO3S2. The standard InChI is InChI=1S/C17H17NO3S2/c1-10-3-7-15(22-10)17(16-8-4-11(2)23-16)13-9-12(18(20)21)5-6-14(13)19/h3-9,17-20H,1-2H3. The van der Waals surface area contributed by atoms with E-state index in [1.807, 2.05) is 38.1 Å². The van der Waals surface area contributed by atoms with E-state index in [1.54, 1.807) is 28.7 Å². The molecule has 0 amide bonds. The summed E-state index contributed by atoms with van der Waals surface area (Å²) in [7, 11) is 0. The molecule has 23 heavy (non-hydrogen) atoms. The summed E-state index contributed by atoms with van der Waals surface area (Å²) < 4.78 is 0. The lowest BCUT2D eigenvalue weighted by molar-refractivity contribution is -0.991. The summed E-state index contributed by atoms with van der Waals surface area (Å²) in [6.45, 7) is 4.08. The maximum absolute atomic E-state index is 11.3. The fourth-order valence-corrected chi connectivity index (χ4v) is 4.69. The highest BCUT2D eigenvalue weighted by atomic mass is 32.1. The Kier molecular flexibility index (Phi) is 4.52. The Labute approximate surface area is 142 Å². The van der Waals surface area contributed by atoms with Crippen molar-refractivity contribution in [2.45, 2.75) is 19.8 Å². The summed E-state index contributed by atoms with van der Waals surface area (Å²) in [5.74, 6) is -0.0243. The number of hydrogen-bond donors (Lipinski definition) is 3. The second-order valence-corrected chi connectivity index (χ2v) is 8.05. The Morgan fingerprint density at radius 1 is 0.957 bits per heavy atom. The molecule has 0 aliphatic rings. The van der Waals surface area contributed by atoms with Crippen molar-refractivity contribution in [1.29, 1.82) is 0 Å². The molecule has 3 aromatic rings. The predicted octanol–water partition coefficient (Wildman–Crippen LogP) is 3.72. The van der Waals surface area contributed by atoms with Crippen molar-refractivity contribution in [3.8, 4) is 5.75 Å². The van der Waals surface area contributed by atoms with Gasteiger partial charge in [0.05, 0.1) is 5.92 Å². The van der Waals surface area contributed by atoms with Crippen LogP contribution in [0.15, 0.2) is 42.5 Å². The minimum Gasteiger partial charge on any atom is -0.595 e. The predicted molar refractivity (Wildman–Crippen MR) is 92.9 cm³/mol. The lowest BCUT2D eigenvalue weighted by atomic mass is 9.94. The Balaban J connectivity index is 2.18. The van der Waals surface area contributed by atoms with E-state index in [1.165, 1.54) is 21.9 Å². The Morgan fingerprint density at radius 3 is 1.96 bits per heavy atom. The average Bonchev–Trinajstić information content (AvgIpc) is 3.10. The SMILES string of the molecule is Cc1ccc(C(c2ccc(C)s2)c2cc([NH+]([O-])O)ccc2O)s1. The van der Waals surface area contributed by atoms with E-state index in [0.29, 0.717) is 5.56 Å². The third-order valence-corrected chi connectivity index (χ3v) is 5.81. The number of benzene rings is 1. The van der Waals surface area contributed by atoms with Gasteiger partial charge in [0, 0.05) is 37.2 Å². The third kappa shape index (κ3) is 3.31. The normalized spacial score (nSPS) is 12.7. The highest BCUT2D eigenvalue weighted by molar-refractivity contribution is 7.13. The van der Waals surface area contributed by atoms with Gasteiger partial charge in [0.25, 0.3) is 0 Å². The molecule has 0 saturated carbocycles. The fraction of sp³-hybridized carbons (Fsp3) is 0.176. The number of aromatic hydroxyl groups is 1. The van der Waals surface area contributed by atoms with Gasteiger partial charge >= 0.3 is 0 Å². The van der Waals surface area contributed by atoms with Gasteiger partial charge in [0.1, 0.15) is 5.75 Å². The van der Waals surface area contributed by atoms with Crippen LogP contribution in [0.4, 0.5) is 5.69 Å². The van der Waals surface area contributed by atoms with Crippen molar-refractivity contribution in [3.05, 3.63) is 72.7 Å². The molecule has 2 aromatic heterocycles. The van der Waals surface area contributed by atoms with Crippen LogP contribution in [-0.4, -0.2) is 10.3 Å². The molecule has 0 aliphatic heterocycles. The maximum atomic E-state index is 11.3. The van der Waals surface area contributed by atoms with Gasteiger partial charge < -0.3 is 10.3 Å². The molecule has 0 aliphatic carbocycles. The molecular weight excluding hydrogens is 330 g/mol. The zero-order valence-corrected chi connectivity index (χ0v) is 14.4. The molecule has 1 atom stereocenters. The molecule has 3 rings (SSSR count). The molecule has 0 fully saturated rings. The number of rotatable bonds is 4. The van der Waals surface area contributed by atoms with E-state index in [2.05, 4.69) is 0 Å². The van der Waals surface area contributed by atoms with Crippen molar-refractivity contribution in [2.24, 2.45) is 0 Å². The molecule has 6 heteroatoms. The highest BCUT2D eigenvalue weighted by Crippen LogP contribution is 2.42. The van der Waals surface area contributed by atoms with Crippen LogP contribution >= 0.6 is 22.7 Å². The molecule has 0 radical (unpaired) electrons. The van der Waals surface area contributed by atoms with E-state index < -0.39 is 5.23 Å². The van der Waals surface area contributed by atoms with Gasteiger partial charge in [0.2, 0.25) is 0 Å². The van der Waals surface area contributed by atoms with Crippen molar-refractivity contribution in [2.75, 3.05) is 0 Å². The Hall–Kier alpha value is -1.70. The molecule has 3 N–H and O–H groups in total. The van der Waals surface area contributed by atoms with Crippen molar-refractivity contribution >= 4 is 28.4 Å². The largest absolute Gasteiger partial charge is 0.595 e. The van der Waals surface area contributed by atoms with Gasteiger partial charge in [0.15, 0.2) is 5.69 Å². The third-order valence-electron chi connectivity index (χ3n) is 3.68. The molecule has 1 unspecified atom stereocenters. The van der Waals surface area contributed by atoms with E-state index >= 15 is 0 Å². The quantitative estimate of drug-likeness (QED) is 0.498. The number of phenols is 1. The number of hydrogen-bond acceptors (Lipinski definition) is 5.